The highest BCUT2D eigenvalue weighted by molar-refractivity contribution is 7.19. The largest absolute Gasteiger partial charge is 0.325 e. The van der Waals surface area contributed by atoms with Gasteiger partial charge >= 0.3 is 0 Å². The van der Waals surface area contributed by atoms with Crippen molar-refractivity contribution in [3.05, 3.63) is 51.9 Å². The molecule has 144 valence electrons. The van der Waals surface area contributed by atoms with Gasteiger partial charge in [-0.2, -0.15) is 15.3 Å². The van der Waals surface area contributed by atoms with Gasteiger partial charge < -0.3 is 4.57 Å². The Morgan fingerprint density at radius 1 is 1.39 bits per heavy atom. The maximum Gasteiger partial charge on any atom is 0.167 e. The van der Waals surface area contributed by atoms with Gasteiger partial charge in [0.25, 0.3) is 0 Å². The maximum atomic E-state index is 13.7. The number of rotatable bonds is 7. The van der Waals surface area contributed by atoms with E-state index >= 15 is 0 Å². The van der Waals surface area contributed by atoms with E-state index < -0.39 is 5.82 Å². The Labute approximate surface area is 162 Å². The molecule has 11 heteroatoms. The highest BCUT2D eigenvalue weighted by Gasteiger charge is 2.19. The number of nitrogens with zero attached hydrogens (tertiary/aromatic N) is 6. The van der Waals surface area contributed by atoms with Crippen LogP contribution in [-0.2, 0) is 20.0 Å². The minimum Gasteiger partial charge on any atom is -0.325 e. The van der Waals surface area contributed by atoms with E-state index in [1.165, 1.54) is 17.5 Å². The third-order valence-corrected chi connectivity index (χ3v) is 5.36. The van der Waals surface area contributed by atoms with E-state index in [0.29, 0.717) is 34.2 Å². The van der Waals surface area contributed by atoms with Crippen molar-refractivity contribution < 1.29 is 9.18 Å². The van der Waals surface area contributed by atoms with E-state index in [1.54, 1.807) is 29.0 Å². The molecule has 0 radical (unpaired) electrons. The Morgan fingerprint density at radius 3 is 2.93 bits per heavy atom. The molecule has 0 fully saturated rings. The lowest BCUT2D eigenvalue weighted by atomic mass is 10.3. The second kappa shape index (κ2) is 7.35. The first-order valence-corrected chi connectivity index (χ1v) is 9.23. The Morgan fingerprint density at radius 2 is 2.25 bits per heavy atom. The summed E-state index contributed by atoms with van der Waals surface area (Å²) < 4.78 is 16.2. The number of H-pyrrole nitrogens is 2. The molecule has 0 spiro atoms. The Kier molecular flexibility index (Phi) is 4.74. The van der Waals surface area contributed by atoms with Crippen LogP contribution in [0.4, 0.5) is 4.39 Å². The molecule has 4 aromatic heterocycles. The van der Waals surface area contributed by atoms with Gasteiger partial charge in [-0.1, -0.05) is 0 Å². The number of nitrogens with one attached hydrogen (secondary N) is 2. The maximum absolute atomic E-state index is 13.7. The molecule has 0 saturated heterocycles. The number of aldehydes is 1. The molecule has 2 N–H and O–H groups in total. The van der Waals surface area contributed by atoms with Crippen LogP contribution in [0, 0.1) is 5.82 Å². The van der Waals surface area contributed by atoms with Crippen LogP contribution in [0.25, 0.3) is 10.3 Å². The number of carbonyl (C=O) groups excluding carboxylic acids is 1. The molecule has 0 aliphatic heterocycles. The van der Waals surface area contributed by atoms with E-state index in [0.717, 1.165) is 16.7 Å². The molecule has 0 saturated carbocycles. The second-order valence-corrected chi connectivity index (χ2v) is 7.30. The van der Waals surface area contributed by atoms with Crippen molar-refractivity contribution in [2.75, 3.05) is 7.05 Å². The molecule has 28 heavy (non-hydrogen) atoms. The SMILES string of the molecule is CN(Cc1cc[nH]n1)/N=C\c1c(C=O)n(C)c2nc(Cc3n[nH]cc3F)sc12. The van der Waals surface area contributed by atoms with Crippen LogP contribution >= 0.6 is 11.3 Å². The molecule has 0 amide bonds. The summed E-state index contributed by atoms with van der Waals surface area (Å²) in [5.74, 6) is -0.394. The van der Waals surface area contributed by atoms with Gasteiger partial charge in [0.05, 0.1) is 35.0 Å². The Balaban J connectivity index is 1.65. The third kappa shape index (κ3) is 3.31. The highest BCUT2D eigenvalue weighted by Crippen LogP contribution is 2.30. The minimum atomic E-state index is -0.394. The van der Waals surface area contributed by atoms with Gasteiger partial charge in [0, 0.05) is 32.3 Å². The van der Waals surface area contributed by atoms with Crippen molar-refractivity contribution in [1.82, 2.24) is 35.0 Å². The number of fused-ring (bicyclic) bond motifs is 1. The third-order valence-electron chi connectivity index (χ3n) is 4.28. The predicted molar refractivity (Wildman–Crippen MR) is 103 cm³/mol. The summed E-state index contributed by atoms with van der Waals surface area (Å²) >= 11 is 1.40. The fourth-order valence-electron chi connectivity index (χ4n) is 2.89. The average Bonchev–Trinajstić information content (AvgIpc) is 3.43. The number of hydrogen-bond donors (Lipinski definition) is 2. The number of halogens is 1. The molecule has 0 atom stereocenters. The first-order chi connectivity index (χ1) is 13.6. The molecular weight excluding hydrogens is 383 g/mol. The number of aryl methyl sites for hydroxylation is 1. The average molecular weight is 400 g/mol. The summed E-state index contributed by atoms with van der Waals surface area (Å²) in [4.78, 5) is 16.2. The van der Waals surface area contributed by atoms with Crippen LogP contribution < -0.4 is 0 Å². The lowest BCUT2D eigenvalue weighted by molar-refractivity contribution is 0.111. The standard InChI is InChI=1S/C17H17FN8OS/c1-25(8-10-3-4-19-23-10)21-6-11-14(9-27)26(2)17-16(11)28-15(22-17)5-13-12(18)7-20-24-13/h3-4,6-7,9H,5,8H2,1-2H3,(H,19,23)(H,20,24)/b21-6-. The van der Waals surface area contributed by atoms with Crippen LogP contribution in [0.15, 0.2) is 23.6 Å². The first kappa shape index (κ1) is 18.0. The van der Waals surface area contributed by atoms with Gasteiger partial charge in [-0.15, -0.1) is 11.3 Å². The summed E-state index contributed by atoms with van der Waals surface area (Å²) in [5.41, 5.74) is 3.00. The van der Waals surface area contributed by atoms with E-state index in [9.17, 15) is 9.18 Å². The summed E-state index contributed by atoms with van der Waals surface area (Å²) in [7, 11) is 3.60. The molecule has 0 aromatic carbocycles. The van der Waals surface area contributed by atoms with Crippen molar-refractivity contribution in [3.63, 3.8) is 0 Å². The molecule has 4 aromatic rings. The monoisotopic (exact) mass is 400 g/mol. The number of thiazole rings is 1. The summed E-state index contributed by atoms with van der Waals surface area (Å²) in [6.45, 7) is 0.527. The first-order valence-electron chi connectivity index (χ1n) is 8.42. The summed E-state index contributed by atoms with van der Waals surface area (Å²) in [6, 6.07) is 1.87. The number of aromatic nitrogens is 6. The van der Waals surface area contributed by atoms with Crippen LogP contribution in [0.3, 0.4) is 0 Å². The number of carbonyl (C=O) groups is 1. The number of hydrazone groups is 1. The van der Waals surface area contributed by atoms with Gasteiger partial charge in [-0.05, 0) is 6.07 Å². The molecule has 4 rings (SSSR count). The number of hydrogen-bond acceptors (Lipinski definition) is 7. The molecular formula is C17H17FN8OS. The molecule has 0 bridgehead atoms. The lowest BCUT2D eigenvalue weighted by Gasteiger charge is -2.10. The Bertz CT molecular complexity index is 1140. The molecule has 0 unspecified atom stereocenters. The normalized spacial score (nSPS) is 11.7. The molecule has 0 aliphatic carbocycles. The predicted octanol–water partition coefficient (Wildman–Crippen LogP) is 2.09. The van der Waals surface area contributed by atoms with Gasteiger partial charge in [0.1, 0.15) is 10.7 Å². The number of aromatic amines is 2. The fourth-order valence-corrected chi connectivity index (χ4v) is 4.01. The highest BCUT2D eigenvalue weighted by atomic mass is 32.1. The van der Waals surface area contributed by atoms with Crippen molar-refractivity contribution in [3.8, 4) is 0 Å². The topological polar surface area (TPSA) is 108 Å². The zero-order chi connectivity index (χ0) is 19.7. The van der Waals surface area contributed by atoms with Gasteiger partial charge in [-0.3, -0.25) is 20.0 Å². The van der Waals surface area contributed by atoms with Gasteiger partial charge in [0.2, 0.25) is 0 Å². The van der Waals surface area contributed by atoms with Crippen LogP contribution in [-0.4, -0.2) is 54.5 Å². The molecule has 4 heterocycles. The Hall–Kier alpha value is -3.34. The van der Waals surface area contributed by atoms with E-state index in [-0.39, 0.29) is 6.42 Å². The zero-order valence-electron chi connectivity index (χ0n) is 15.2. The lowest BCUT2D eigenvalue weighted by Crippen LogP contribution is -2.11. The minimum absolute atomic E-state index is 0.279. The summed E-state index contributed by atoms with van der Waals surface area (Å²) in [5, 5.41) is 20.1. The van der Waals surface area contributed by atoms with Crippen LogP contribution in [0.1, 0.15) is 32.4 Å². The van der Waals surface area contributed by atoms with E-state index in [2.05, 4.69) is 30.5 Å². The zero-order valence-corrected chi connectivity index (χ0v) is 16.0. The molecule has 9 nitrogen and oxygen atoms in total. The van der Waals surface area contributed by atoms with Crippen LogP contribution in [0.2, 0.25) is 0 Å². The van der Waals surface area contributed by atoms with Crippen molar-refractivity contribution >= 4 is 34.2 Å². The molecule has 0 aliphatic rings. The van der Waals surface area contributed by atoms with Crippen molar-refractivity contribution in [2.24, 2.45) is 12.1 Å². The van der Waals surface area contributed by atoms with E-state index in [4.69, 9.17) is 0 Å². The van der Waals surface area contributed by atoms with Crippen LogP contribution in [0.5, 0.6) is 0 Å². The quantitative estimate of drug-likeness (QED) is 0.281. The second-order valence-electron chi connectivity index (χ2n) is 6.22. The van der Waals surface area contributed by atoms with Gasteiger partial charge in [-0.25, -0.2) is 9.37 Å². The van der Waals surface area contributed by atoms with Crippen molar-refractivity contribution in [1.29, 1.82) is 0 Å². The summed E-state index contributed by atoms with van der Waals surface area (Å²) in [6.07, 6.45) is 5.67. The fraction of sp³-hybridized carbons (Fsp3) is 0.235. The van der Waals surface area contributed by atoms with Gasteiger partial charge in [0.15, 0.2) is 17.8 Å². The van der Waals surface area contributed by atoms with Crippen molar-refractivity contribution in [2.45, 2.75) is 13.0 Å². The van der Waals surface area contributed by atoms with E-state index in [1.807, 2.05) is 13.1 Å². The smallest absolute Gasteiger partial charge is 0.167 e.